The number of carbonyl (C=O) groups excluding carboxylic acids is 2. The summed E-state index contributed by atoms with van der Waals surface area (Å²) in [4.78, 5) is 40.9. The highest BCUT2D eigenvalue weighted by atomic mass is 16.6. The molecule has 10 heteroatoms. The van der Waals surface area contributed by atoms with Crippen LogP contribution >= 0.6 is 0 Å². The number of amides is 3. The number of ether oxygens (including phenoxy) is 1. The van der Waals surface area contributed by atoms with Gasteiger partial charge in [0.05, 0.1) is 23.5 Å². The lowest BCUT2D eigenvalue weighted by Crippen LogP contribution is -2.59. The van der Waals surface area contributed by atoms with Gasteiger partial charge in [-0.1, -0.05) is 0 Å². The van der Waals surface area contributed by atoms with Crippen LogP contribution < -0.4 is 15.1 Å². The van der Waals surface area contributed by atoms with E-state index in [-0.39, 0.29) is 24.2 Å². The summed E-state index contributed by atoms with van der Waals surface area (Å²) in [6, 6.07) is 5.49. The van der Waals surface area contributed by atoms with Gasteiger partial charge < -0.3 is 19.4 Å². The Morgan fingerprint density at radius 3 is 2.51 bits per heavy atom. The van der Waals surface area contributed by atoms with Gasteiger partial charge in [-0.05, 0) is 66.2 Å². The highest BCUT2D eigenvalue weighted by Crippen LogP contribution is 2.36. The largest absolute Gasteiger partial charge is 0.444 e. The highest BCUT2D eigenvalue weighted by Gasteiger charge is 2.37. The fraction of sp³-hybridized carbons (Fsp3) is 0.481. The van der Waals surface area contributed by atoms with Crippen molar-refractivity contribution in [2.75, 3.05) is 34.8 Å². The van der Waals surface area contributed by atoms with E-state index in [1.165, 1.54) is 0 Å². The van der Waals surface area contributed by atoms with E-state index in [4.69, 9.17) is 4.74 Å². The molecule has 10 nitrogen and oxygen atoms in total. The summed E-state index contributed by atoms with van der Waals surface area (Å²) >= 11 is 0. The average molecular weight is 506 g/mol. The molecule has 0 spiro atoms. The first-order valence-corrected chi connectivity index (χ1v) is 12.8. The zero-order valence-electron chi connectivity index (χ0n) is 22.4. The third-order valence-electron chi connectivity index (χ3n) is 6.78. The molecule has 5 heterocycles. The molecule has 37 heavy (non-hydrogen) atoms. The Bertz CT molecular complexity index is 1330. The molecule has 2 aliphatic heterocycles. The van der Waals surface area contributed by atoms with Gasteiger partial charge >= 0.3 is 12.1 Å². The lowest BCUT2D eigenvalue weighted by molar-refractivity contribution is 0.00565. The lowest BCUT2D eigenvalue weighted by atomic mass is 10.1. The summed E-state index contributed by atoms with van der Waals surface area (Å²) < 4.78 is 7.55. The van der Waals surface area contributed by atoms with Crippen molar-refractivity contribution >= 4 is 35.0 Å². The summed E-state index contributed by atoms with van der Waals surface area (Å²) in [6.07, 6.45) is 5.99. The monoisotopic (exact) mass is 505 g/mol. The van der Waals surface area contributed by atoms with Crippen LogP contribution in [0.1, 0.15) is 45.9 Å². The van der Waals surface area contributed by atoms with E-state index in [9.17, 15) is 9.59 Å². The normalized spacial score (nSPS) is 19.8. The van der Waals surface area contributed by atoms with Gasteiger partial charge in [-0.3, -0.25) is 9.80 Å². The van der Waals surface area contributed by atoms with E-state index >= 15 is 0 Å². The van der Waals surface area contributed by atoms with Crippen LogP contribution in [-0.4, -0.2) is 68.7 Å². The maximum atomic E-state index is 13.2. The number of nitrogens with one attached hydrogen (secondary N) is 1. The van der Waals surface area contributed by atoms with Crippen molar-refractivity contribution in [1.29, 1.82) is 0 Å². The SMILES string of the molecule is Cc1cn2cc(NC(=O)N3CCc4c(N5C[C@@H](C)N(C(=O)OC(C)(C)C)[C@@H](C)C5)ccnc43)ccc2n1. The summed E-state index contributed by atoms with van der Waals surface area (Å²) in [5, 5.41) is 3.00. The number of carbonyl (C=O) groups is 2. The molecule has 3 aromatic rings. The van der Waals surface area contributed by atoms with Crippen molar-refractivity contribution in [3.63, 3.8) is 0 Å². The van der Waals surface area contributed by atoms with Crippen LogP contribution in [0.4, 0.5) is 26.8 Å². The van der Waals surface area contributed by atoms with Crippen LogP contribution in [0.2, 0.25) is 0 Å². The molecule has 196 valence electrons. The topological polar surface area (TPSA) is 95.3 Å². The molecule has 0 radical (unpaired) electrons. The number of hydrogen-bond acceptors (Lipinski definition) is 6. The van der Waals surface area contributed by atoms with Crippen molar-refractivity contribution in [3.8, 4) is 0 Å². The Morgan fingerprint density at radius 2 is 1.81 bits per heavy atom. The first-order valence-electron chi connectivity index (χ1n) is 12.8. The third kappa shape index (κ3) is 4.92. The first kappa shape index (κ1) is 24.9. The number of hydrogen-bond donors (Lipinski definition) is 1. The number of urea groups is 1. The van der Waals surface area contributed by atoms with Crippen LogP contribution in [0.3, 0.4) is 0 Å². The number of pyridine rings is 2. The highest BCUT2D eigenvalue weighted by molar-refractivity contribution is 6.03. The van der Waals surface area contributed by atoms with Crippen LogP contribution in [0.5, 0.6) is 0 Å². The Labute approximate surface area is 217 Å². The maximum absolute atomic E-state index is 13.2. The number of nitrogens with zero attached hydrogens (tertiary/aromatic N) is 6. The average Bonchev–Trinajstić information content (AvgIpc) is 3.39. The minimum absolute atomic E-state index is 0.0232. The van der Waals surface area contributed by atoms with Gasteiger partial charge in [0, 0.05) is 49.5 Å². The summed E-state index contributed by atoms with van der Waals surface area (Å²) in [5.74, 6) is 0.685. The van der Waals surface area contributed by atoms with Gasteiger partial charge in [-0.25, -0.2) is 19.6 Å². The number of imidazole rings is 1. The number of anilines is 3. The first-order chi connectivity index (χ1) is 17.5. The molecule has 1 N–H and O–H groups in total. The van der Waals surface area contributed by atoms with Crippen molar-refractivity contribution in [3.05, 3.63) is 48.0 Å². The third-order valence-corrected chi connectivity index (χ3v) is 6.78. The Morgan fingerprint density at radius 1 is 1.08 bits per heavy atom. The summed E-state index contributed by atoms with van der Waals surface area (Å²) in [6.45, 7) is 13.6. The fourth-order valence-corrected chi connectivity index (χ4v) is 5.35. The Hall–Kier alpha value is -3.82. The van der Waals surface area contributed by atoms with E-state index in [1.54, 1.807) is 11.1 Å². The molecular weight excluding hydrogens is 470 g/mol. The number of piperazine rings is 1. The molecule has 0 bridgehead atoms. The van der Waals surface area contributed by atoms with Gasteiger partial charge in [0.1, 0.15) is 17.1 Å². The van der Waals surface area contributed by atoms with E-state index < -0.39 is 5.60 Å². The number of rotatable bonds is 2. The quantitative estimate of drug-likeness (QED) is 0.552. The Kier molecular flexibility index (Phi) is 6.21. The fourth-order valence-electron chi connectivity index (χ4n) is 5.35. The van der Waals surface area contributed by atoms with Crippen LogP contribution in [0, 0.1) is 6.92 Å². The molecule has 0 aromatic carbocycles. The zero-order valence-corrected chi connectivity index (χ0v) is 22.4. The molecule has 2 aliphatic rings. The summed E-state index contributed by atoms with van der Waals surface area (Å²) in [5.41, 5.74) is 4.04. The van der Waals surface area contributed by atoms with E-state index in [1.807, 2.05) is 81.4 Å². The molecule has 0 aliphatic carbocycles. The van der Waals surface area contributed by atoms with Gasteiger partial charge in [-0.2, -0.15) is 0 Å². The minimum atomic E-state index is -0.535. The maximum Gasteiger partial charge on any atom is 0.410 e. The molecule has 0 unspecified atom stereocenters. The molecule has 3 amide bonds. The van der Waals surface area contributed by atoms with Crippen molar-refractivity contribution < 1.29 is 14.3 Å². The molecular formula is C27H35N7O3. The zero-order chi connectivity index (χ0) is 26.5. The van der Waals surface area contributed by atoms with E-state index in [0.29, 0.717) is 31.1 Å². The van der Waals surface area contributed by atoms with Crippen LogP contribution in [0.15, 0.2) is 36.8 Å². The van der Waals surface area contributed by atoms with Crippen molar-refractivity contribution in [2.45, 2.75) is 65.6 Å². The molecule has 1 saturated heterocycles. The molecule has 0 saturated carbocycles. The smallest absolute Gasteiger partial charge is 0.410 e. The Balaban J connectivity index is 1.32. The van der Waals surface area contributed by atoms with Crippen molar-refractivity contribution in [1.82, 2.24) is 19.3 Å². The predicted molar refractivity (Wildman–Crippen MR) is 143 cm³/mol. The molecule has 1 fully saturated rings. The van der Waals surface area contributed by atoms with Gasteiger partial charge in [0.25, 0.3) is 0 Å². The lowest BCUT2D eigenvalue weighted by Gasteiger charge is -2.45. The number of fused-ring (bicyclic) bond motifs is 2. The number of aromatic nitrogens is 3. The minimum Gasteiger partial charge on any atom is -0.444 e. The van der Waals surface area contributed by atoms with Gasteiger partial charge in [-0.15, -0.1) is 0 Å². The van der Waals surface area contributed by atoms with E-state index in [2.05, 4.69) is 20.2 Å². The second-order valence-corrected chi connectivity index (χ2v) is 11.0. The van der Waals surface area contributed by atoms with Crippen molar-refractivity contribution in [2.24, 2.45) is 0 Å². The standard InChI is InChI=1S/C27H35N7O3/c1-17-13-32-16-20(7-8-23(32)29-17)30-25(35)33-12-10-21-22(9-11-28-24(21)33)31-14-18(2)34(19(3)15-31)26(36)37-27(4,5)6/h7-9,11,13,16,18-19H,10,12,14-15H2,1-6H3,(H,30,35)/t18-,19+. The van der Waals surface area contributed by atoms with Crippen LogP contribution in [0.25, 0.3) is 5.65 Å². The second kappa shape index (κ2) is 9.24. The summed E-state index contributed by atoms with van der Waals surface area (Å²) in [7, 11) is 0. The molecule has 3 aromatic heterocycles. The van der Waals surface area contributed by atoms with Gasteiger partial charge in [0.2, 0.25) is 0 Å². The van der Waals surface area contributed by atoms with E-state index in [0.717, 1.165) is 29.0 Å². The molecule has 2 atom stereocenters. The second-order valence-electron chi connectivity index (χ2n) is 11.0. The van der Waals surface area contributed by atoms with Crippen LogP contribution in [-0.2, 0) is 11.2 Å². The number of aryl methyl sites for hydroxylation is 1. The van der Waals surface area contributed by atoms with Gasteiger partial charge in [0.15, 0.2) is 0 Å². The predicted octanol–water partition coefficient (Wildman–Crippen LogP) is 4.47. The molecule has 5 rings (SSSR count).